The summed E-state index contributed by atoms with van der Waals surface area (Å²) in [5, 5.41) is 0. The SMILES string of the molecule is C=C[C@H](OC(C)=O)[C@]1(C)O[C@@H]1C. The van der Waals surface area contributed by atoms with E-state index in [0.717, 1.165) is 0 Å². The van der Waals surface area contributed by atoms with Crippen LogP contribution in [0.25, 0.3) is 0 Å². The number of carbonyl (C=O) groups excluding carboxylic acids is 1. The lowest BCUT2D eigenvalue weighted by atomic mass is 10.0. The fourth-order valence-electron chi connectivity index (χ4n) is 1.22. The molecule has 1 rings (SSSR count). The van der Waals surface area contributed by atoms with Crippen molar-refractivity contribution in [3.05, 3.63) is 12.7 Å². The Labute approximate surface area is 72.4 Å². The van der Waals surface area contributed by atoms with E-state index in [1.165, 1.54) is 6.92 Å². The standard InChI is InChI=1S/C9H14O3/c1-5-8(11-7(3)10)9(4)6(2)12-9/h5-6,8H,1H2,2-4H3/t6-,8+,9-/m1/s1. The van der Waals surface area contributed by atoms with E-state index >= 15 is 0 Å². The minimum atomic E-state index is -0.354. The van der Waals surface area contributed by atoms with Gasteiger partial charge in [0.05, 0.1) is 6.10 Å². The first kappa shape index (κ1) is 9.26. The summed E-state index contributed by atoms with van der Waals surface area (Å²) in [7, 11) is 0. The molecule has 3 nitrogen and oxygen atoms in total. The molecule has 1 saturated heterocycles. The first-order valence-corrected chi connectivity index (χ1v) is 3.98. The van der Waals surface area contributed by atoms with Gasteiger partial charge in [-0.05, 0) is 19.9 Å². The second-order valence-corrected chi connectivity index (χ2v) is 3.21. The molecule has 3 atom stereocenters. The van der Waals surface area contributed by atoms with Crippen LogP contribution in [-0.2, 0) is 14.3 Å². The molecule has 1 heterocycles. The lowest BCUT2D eigenvalue weighted by Crippen LogP contribution is -2.31. The van der Waals surface area contributed by atoms with Crippen LogP contribution >= 0.6 is 0 Å². The maximum Gasteiger partial charge on any atom is 0.303 e. The van der Waals surface area contributed by atoms with E-state index in [1.807, 2.05) is 13.8 Å². The van der Waals surface area contributed by atoms with Gasteiger partial charge < -0.3 is 9.47 Å². The summed E-state index contributed by atoms with van der Waals surface area (Å²) >= 11 is 0. The van der Waals surface area contributed by atoms with Crippen LogP contribution in [0, 0.1) is 0 Å². The van der Waals surface area contributed by atoms with Gasteiger partial charge in [-0.3, -0.25) is 4.79 Å². The molecule has 0 saturated carbocycles. The van der Waals surface area contributed by atoms with Gasteiger partial charge in [0.15, 0.2) is 6.10 Å². The Bertz CT molecular complexity index is 212. The van der Waals surface area contributed by atoms with Crippen molar-refractivity contribution in [1.29, 1.82) is 0 Å². The highest BCUT2D eigenvalue weighted by Gasteiger charge is 2.55. The zero-order chi connectivity index (χ0) is 9.35. The molecule has 0 radical (unpaired) electrons. The monoisotopic (exact) mass is 170 g/mol. The van der Waals surface area contributed by atoms with Crippen molar-refractivity contribution in [1.82, 2.24) is 0 Å². The molecule has 0 aromatic rings. The normalized spacial score (nSPS) is 35.4. The van der Waals surface area contributed by atoms with Crippen LogP contribution in [0.4, 0.5) is 0 Å². The summed E-state index contributed by atoms with van der Waals surface area (Å²) in [6.07, 6.45) is 1.41. The first-order valence-electron chi connectivity index (χ1n) is 3.98. The smallest absolute Gasteiger partial charge is 0.303 e. The van der Waals surface area contributed by atoms with Gasteiger partial charge in [-0.15, -0.1) is 0 Å². The number of hydrogen-bond acceptors (Lipinski definition) is 3. The average molecular weight is 170 g/mol. The summed E-state index contributed by atoms with van der Waals surface area (Å²) in [5.41, 5.74) is -0.354. The van der Waals surface area contributed by atoms with Gasteiger partial charge in [0.2, 0.25) is 0 Å². The van der Waals surface area contributed by atoms with Crippen molar-refractivity contribution in [2.45, 2.75) is 38.6 Å². The van der Waals surface area contributed by atoms with Gasteiger partial charge in [-0.2, -0.15) is 0 Å². The Balaban J connectivity index is 2.57. The molecular formula is C9H14O3. The third kappa shape index (κ3) is 1.50. The summed E-state index contributed by atoms with van der Waals surface area (Å²) in [5.74, 6) is -0.302. The van der Waals surface area contributed by atoms with Crippen molar-refractivity contribution in [3.8, 4) is 0 Å². The molecule has 0 bridgehead atoms. The van der Waals surface area contributed by atoms with E-state index in [0.29, 0.717) is 0 Å². The maximum atomic E-state index is 10.7. The lowest BCUT2D eigenvalue weighted by molar-refractivity contribution is -0.146. The van der Waals surface area contributed by atoms with Gasteiger partial charge in [-0.25, -0.2) is 0 Å². The zero-order valence-corrected chi connectivity index (χ0v) is 7.66. The zero-order valence-electron chi connectivity index (χ0n) is 7.66. The topological polar surface area (TPSA) is 38.8 Å². The van der Waals surface area contributed by atoms with E-state index < -0.39 is 0 Å². The molecule has 12 heavy (non-hydrogen) atoms. The van der Waals surface area contributed by atoms with Crippen molar-refractivity contribution < 1.29 is 14.3 Å². The van der Waals surface area contributed by atoms with Crippen LogP contribution < -0.4 is 0 Å². The first-order chi connectivity index (χ1) is 5.50. The molecule has 0 spiro atoms. The maximum absolute atomic E-state index is 10.7. The van der Waals surface area contributed by atoms with E-state index in [9.17, 15) is 4.79 Å². The molecule has 0 N–H and O–H groups in total. The van der Waals surface area contributed by atoms with E-state index in [1.54, 1.807) is 6.08 Å². The minimum Gasteiger partial charge on any atom is -0.455 e. The Hall–Kier alpha value is -0.830. The van der Waals surface area contributed by atoms with Crippen molar-refractivity contribution >= 4 is 5.97 Å². The quantitative estimate of drug-likeness (QED) is 0.364. The van der Waals surface area contributed by atoms with Crippen LogP contribution in [-0.4, -0.2) is 23.8 Å². The van der Waals surface area contributed by atoms with Crippen LogP contribution in [0.1, 0.15) is 20.8 Å². The van der Waals surface area contributed by atoms with E-state index in [-0.39, 0.29) is 23.8 Å². The second-order valence-electron chi connectivity index (χ2n) is 3.21. The molecule has 1 aliphatic heterocycles. The van der Waals surface area contributed by atoms with Gasteiger partial charge in [0.1, 0.15) is 5.60 Å². The molecule has 3 heteroatoms. The number of epoxide rings is 1. The molecule has 0 unspecified atom stereocenters. The van der Waals surface area contributed by atoms with Crippen LogP contribution in [0.2, 0.25) is 0 Å². The summed E-state index contributed by atoms with van der Waals surface area (Å²) < 4.78 is 10.3. The predicted molar refractivity (Wildman–Crippen MR) is 44.7 cm³/mol. The summed E-state index contributed by atoms with van der Waals surface area (Å²) in [4.78, 5) is 10.7. The second kappa shape index (κ2) is 2.90. The third-order valence-electron chi connectivity index (χ3n) is 2.25. The molecule has 0 amide bonds. The van der Waals surface area contributed by atoms with E-state index in [2.05, 4.69) is 6.58 Å². The Morgan fingerprint density at radius 3 is 2.58 bits per heavy atom. The molecule has 0 aromatic carbocycles. The molecule has 0 aromatic heterocycles. The number of carbonyl (C=O) groups is 1. The Morgan fingerprint density at radius 1 is 1.83 bits per heavy atom. The van der Waals surface area contributed by atoms with Crippen molar-refractivity contribution in [2.24, 2.45) is 0 Å². The van der Waals surface area contributed by atoms with Gasteiger partial charge >= 0.3 is 5.97 Å². The molecule has 1 aliphatic rings. The highest BCUT2D eigenvalue weighted by molar-refractivity contribution is 5.66. The average Bonchev–Trinajstić information content (AvgIpc) is 2.56. The van der Waals surface area contributed by atoms with E-state index in [4.69, 9.17) is 9.47 Å². The Morgan fingerprint density at radius 2 is 2.33 bits per heavy atom. The van der Waals surface area contributed by atoms with Crippen molar-refractivity contribution in [3.63, 3.8) is 0 Å². The van der Waals surface area contributed by atoms with Gasteiger partial charge in [0, 0.05) is 6.92 Å². The van der Waals surface area contributed by atoms with Gasteiger partial charge in [0.25, 0.3) is 0 Å². The number of esters is 1. The molecule has 0 aliphatic carbocycles. The number of rotatable bonds is 3. The minimum absolute atomic E-state index is 0.139. The van der Waals surface area contributed by atoms with Crippen molar-refractivity contribution in [2.75, 3.05) is 0 Å². The highest BCUT2D eigenvalue weighted by atomic mass is 16.6. The highest BCUT2D eigenvalue weighted by Crippen LogP contribution is 2.40. The fourth-order valence-corrected chi connectivity index (χ4v) is 1.22. The molecular weight excluding hydrogens is 156 g/mol. The predicted octanol–water partition coefficient (Wildman–Crippen LogP) is 1.28. The third-order valence-corrected chi connectivity index (χ3v) is 2.25. The number of hydrogen-bond donors (Lipinski definition) is 0. The molecule has 1 fully saturated rings. The summed E-state index contributed by atoms with van der Waals surface area (Å²) in [6.45, 7) is 8.83. The van der Waals surface area contributed by atoms with Gasteiger partial charge in [-0.1, -0.05) is 6.58 Å². The largest absolute Gasteiger partial charge is 0.455 e. The lowest BCUT2D eigenvalue weighted by Gasteiger charge is -2.16. The molecule has 68 valence electrons. The van der Waals surface area contributed by atoms with Crippen LogP contribution in [0.3, 0.4) is 0 Å². The fraction of sp³-hybridized carbons (Fsp3) is 0.667. The summed E-state index contributed by atoms with van der Waals surface area (Å²) in [6, 6.07) is 0. The Kier molecular flexibility index (Phi) is 2.24. The number of ether oxygens (including phenoxy) is 2. The van der Waals surface area contributed by atoms with Crippen LogP contribution in [0.5, 0.6) is 0 Å². The van der Waals surface area contributed by atoms with Crippen LogP contribution in [0.15, 0.2) is 12.7 Å².